The minimum absolute atomic E-state index is 0.768. The first-order chi connectivity index (χ1) is 9.76. The Morgan fingerprint density at radius 1 is 1.15 bits per heavy atom. The quantitative estimate of drug-likeness (QED) is 0.602. The Labute approximate surface area is 132 Å². The number of hydrogen-bond donors (Lipinski definition) is 1. The summed E-state index contributed by atoms with van der Waals surface area (Å²) in [5.74, 6) is 0. The van der Waals surface area contributed by atoms with Crippen molar-refractivity contribution in [3.05, 3.63) is 58.4 Å². The fourth-order valence-electron chi connectivity index (χ4n) is 2.07. The second-order valence-corrected chi connectivity index (χ2v) is 6.91. The van der Waals surface area contributed by atoms with Crippen molar-refractivity contribution in [3.8, 4) is 0 Å². The largest absolute Gasteiger partial charge is 0.379 e. The lowest BCUT2D eigenvalue weighted by Crippen LogP contribution is -1.98. The molecular formula is C16H14ClNS2. The Balaban J connectivity index is 1.79. The van der Waals surface area contributed by atoms with Gasteiger partial charge in [-0.25, -0.2) is 0 Å². The van der Waals surface area contributed by atoms with Crippen molar-refractivity contribution >= 4 is 50.5 Å². The zero-order chi connectivity index (χ0) is 13.9. The molecule has 1 N–H and O–H groups in total. The number of fused-ring (bicyclic) bond motifs is 1. The van der Waals surface area contributed by atoms with Crippen LogP contribution in [-0.4, -0.2) is 6.26 Å². The first kappa shape index (κ1) is 13.8. The average Bonchev–Trinajstić information content (AvgIpc) is 2.89. The zero-order valence-electron chi connectivity index (χ0n) is 11.0. The van der Waals surface area contributed by atoms with Crippen LogP contribution in [0.4, 0.5) is 5.69 Å². The van der Waals surface area contributed by atoms with E-state index in [1.54, 1.807) is 11.8 Å². The molecule has 0 bridgehead atoms. The van der Waals surface area contributed by atoms with Crippen LogP contribution in [0.15, 0.2) is 53.4 Å². The first-order valence-corrected chi connectivity index (χ1v) is 8.73. The van der Waals surface area contributed by atoms with Crippen LogP contribution in [0.1, 0.15) is 4.88 Å². The number of benzene rings is 2. The molecule has 3 aromatic rings. The van der Waals surface area contributed by atoms with Gasteiger partial charge in [-0.15, -0.1) is 23.1 Å². The second kappa shape index (κ2) is 6.08. The molecule has 0 unspecified atom stereocenters. The number of nitrogens with one attached hydrogen (secondary N) is 1. The predicted molar refractivity (Wildman–Crippen MR) is 92.4 cm³/mol. The lowest BCUT2D eigenvalue weighted by Gasteiger charge is -2.08. The molecule has 0 saturated carbocycles. The molecule has 1 nitrogen and oxygen atoms in total. The van der Waals surface area contributed by atoms with Crippen LogP contribution in [0.2, 0.25) is 5.02 Å². The van der Waals surface area contributed by atoms with Gasteiger partial charge in [0.05, 0.1) is 10.7 Å². The molecule has 4 heteroatoms. The molecule has 1 aromatic heterocycles. The van der Waals surface area contributed by atoms with E-state index >= 15 is 0 Å². The van der Waals surface area contributed by atoms with Crippen LogP contribution >= 0.6 is 34.7 Å². The van der Waals surface area contributed by atoms with E-state index in [0.717, 1.165) is 17.3 Å². The second-order valence-electron chi connectivity index (χ2n) is 4.45. The van der Waals surface area contributed by atoms with E-state index in [1.807, 2.05) is 23.5 Å². The first-order valence-electron chi connectivity index (χ1n) is 6.31. The molecule has 1 heterocycles. The smallest absolute Gasteiger partial charge is 0.0638 e. The number of hydrogen-bond acceptors (Lipinski definition) is 3. The molecule has 3 rings (SSSR count). The summed E-state index contributed by atoms with van der Waals surface area (Å²) in [5, 5.41) is 5.50. The van der Waals surface area contributed by atoms with E-state index in [0.29, 0.717) is 0 Å². The van der Waals surface area contributed by atoms with Crippen molar-refractivity contribution < 1.29 is 0 Å². The van der Waals surface area contributed by atoms with Gasteiger partial charge in [0.15, 0.2) is 0 Å². The summed E-state index contributed by atoms with van der Waals surface area (Å²) in [6, 6.07) is 16.8. The topological polar surface area (TPSA) is 12.0 Å². The highest BCUT2D eigenvalue weighted by molar-refractivity contribution is 7.98. The predicted octanol–water partition coefficient (Wildman–Crippen LogP) is 5.89. The van der Waals surface area contributed by atoms with Crippen LogP contribution < -0.4 is 5.32 Å². The van der Waals surface area contributed by atoms with Crippen LogP contribution in [0.3, 0.4) is 0 Å². The molecule has 0 spiro atoms. The van der Waals surface area contributed by atoms with Crippen molar-refractivity contribution in [3.63, 3.8) is 0 Å². The third-order valence-electron chi connectivity index (χ3n) is 3.10. The highest BCUT2D eigenvalue weighted by Gasteiger charge is 2.04. The third-order valence-corrected chi connectivity index (χ3v) is 5.27. The summed E-state index contributed by atoms with van der Waals surface area (Å²) in [5.41, 5.74) is 0.996. The summed E-state index contributed by atoms with van der Waals surface area (Å²) in [7, 11) is 0. The Morgan fingerprint density at radius 2 is 2.00 bits per heavy atom. The highest BCUT2D eigenvalue weighted by atomic mass is 35.5. The molecule has 0 amide bonds. The van der Waals surface area contributed by atoms with Crippen LogP contribution in [0.5, 0.6) is 0 Å². The van der Waals surface area contributed by atoms with Crippen LogP contribution in [-0.2, 0) is 6.54 Å². The maximum absolute atomic E-state index is 6.23. The van der Waals surface area contributed by atoms with Gasteiger partial charge in [-0.1, -0.05) is 29.8 Å². The van der Waals surface area contributed by atoms with Gasteiger partial charge >= 0.3 is 0 Å². The summed E-state index contributed by atoms with van der Waals surface area (Å²) in [6.07, 6.45) is 2.07. The number of thioether (sulfide) groups is 1. The number of halogens is 1. The van der Waals surface area contributed by atoms with E-state index in [1.165, 1.54) is 19.9 Å². The van der Waals surface area contributed by atoms with E-state index in [-0.39, 0.29) is 0 Å². The lowest BCUT2D eigenvalue weighted by molar-refractivity contribution is 1.19. The Hall–Kier alpha value is -1.16. The van der Waals surface area contributed by atoms with Crippen LogP contribution in [0, 0.1) is 0 Å². The number of anilines is 1. The molecule has 0 aliphatic heterocycles. The van der Waals surface area contributed by atoms with Gasteiger partial charge in [0, 0.05) is 21.0 Å². The van der Waals surface area contributed by atoms with E-state index in [4.69, 9.17) is 11.6 Å². The van der Waals surface area contributed by atoms with E-state index < -0.39 is 0 Å². The van der Waals surface area contributed by atoms with Crippen molar-refractivity contribution in [2.45, 2.75) is 11.4 Å². The summed E-state index contributed by atoms with van der Waals surface area (Å²) >= 11 is 9.77. The maximum Gasteiger partial charge on any atom is 0.0638 e. The molecule has 20 heavy (non-hydrogen) atoms. The van der Waals surface area contributed by atoms with Crippen molar-refractivity contribution in [1.82, 2.24) is 0 Å². The summed E-state index contributed by atoms with van der Waals surface area (Å²) < 4.78 is 1.33. The van der Waals surface area contributed by atoms with Gasteiger partial charge in [0.1, 0.15) is 0 Å². The van der Waals surface area contributed by atoms with Gasteiger partial charge in [-0.2, -0.15) is 0 Å². The molecule has 0 radical (unpaired) electrons. The molecule has 0 aliphatic rings. The minimum Gasteiger partial charge on any atom is -0.379 e. The molecule has 2 aromatic carbocycles. The van der Waals surface area contributed by atoms with Gasteiger partial charge in [-0.3, -0.25) is 0 Å². The molecule has 0 atom stereocenters. The van der Waals surface area contributed by atoms with Gasteiger partial charge in [0.25, 0.3) is 0 Å². The van der Waals surface area contributed by atoms with Crippen LogP contribution in [0.25, 0.3) is 10.1 Å². The fraction of sp³-hybridized carbons (Fsp3) is 0.125. The lowest BCUT2D eigenvalue weighted by atomic mass is 10.2. The zero-order valence-corrected chi connectivity index (χ0v) is 13.4. The molecular weight excluding hydrogens is 306 g/mol. The van der Waals surface area contributed by atoms with Crippen molar-refractivity contribution in [2.24, 2.45) is 0 Å². The van der Waals surface area contributed by atoms with Gasteiger partial charge in [0.2, 0.25) is 0 Å². The van der Waals surface area contributed by atoms with Crippen molar-refractivity contribution in [2.75, 3.05) is 11.6 Å². The monoisotopic (exact) mass is 319 g/mol. The summed E-state index contributed by atoms with van der Waals surface area (Å²) in [4.78, 5) is 2.53. The molecule has 102 valence electrons. The molecule has 0 aliphatic carbocycles. The minimum atomic E-state index is 0.768. The van der Waals surface area contributed by atoms with Crippen molar-refractivity contribution in [1.29, 1.82) is 0 Å². The Morgan fingerprint density at radius 3 is 2.80 bits per heavy atom. The van der Waals surface area contributed by atoms with E-state index in [2.05, 4.69) is 48.0 Å². The normalized spacial score (nSPS) is 10.9. The fourth-order valence-corrected chi connectivity index (χ4v) is 3.70. The van der Waals surface area contributed by atoms with Gasteiger partial charge < -0.3 is 5.32 Å². The number of rotatable bonds is 4. The molecule has 0 fully saturated rings. The molecule has 0 saturated heterocycles. The van der Waals surface area contributed by atoms with E-state index in [9.17, 15) is 0 Å². The third kappa shape index (κ3) is 2.95. The number of thiophene rings is 1. The summed E-state index contributed by atoms with van der Waals surface area (Å²) in [6.45, 7) is 0.802. The Kier molecular flexibility index (Phi) is 4.20. The SMILES string of the molecule is CSc1ccc(Cl)c(NCc2cc3ccccc3s2)c1. The standard InChI is InChI=1S/C16H14ClNS2/c1-19-12-6-7-14(17)15(9-12)18-10-13-8-11-4-2-3-5-16(11)20-13/h2-9,18H,10H2,1H3. The van der Waals surface area contributed by atoms with Gasteiger partial charge in [-0.05, 0) is 42.0 Å². The Bertz CT molecular complexity index is 703. The highest BCUT2D eigenvalue weighted by Crippen LogP contribution is 2.29. The average molecular weight is 320 g/mol. The maximum atomic E-state index is 6.23.